The monoisotopic (exact) mass is 280 g/mol. The Bertz CT molecular complexity index is 504. The summed E-state index contributed by atoms with van der Waals surface area (Å²) in [5, 5.41) is 31.6. The van der Waals surface area contributed by atoms with Gasteiger partial charge >= 0.3 is 0 Å². The van der Waals surface area contributed by atoms with Crippen LogP contribution in [-0.4, -0.2) is 45.3 Å². The number of phenols is 3. The Kier molecular flexibility index (Phi) is 4.34. The van der Waals surface area contributed by atoms with E-state index in [4.69, 9.17) is 0 Å². The summed E-state index contributed by atoms with van der Waals surface area (Å²) in [7, 11) is 0. The molecule has 0 saturated carbocycles. The standard InChI is InChI=1S/C14H20N2O4/c1-9(8-16-6-2-3-12(16)18)15-7-10-4-5-11(17)14(20)13(10)19/h4-5,9,15,17,19-20H,2-3,6-8H2,1H3. The molecule has 1 saturated heterocycles. The minimum Gasteiger partial charge on any atom is -0.504 e. The van der Waals surface area contributed by atoms with Crippen LogP contribution in [0, 0.1) is 0 Å². The molecule has 1 heterocycles. The average Bonchev–Trinajstić information content (AvgIpc) is 2.81. The first-order valence-corrected chi connectivity index (χ1v) is 6.73. The van der Waals surface area contributed by atoms with Gasteiger partial charge in [-0.1, -0.05) is 6.07 Å². The number of hydrogen-bond acceptors (Lipinski definition) is 5. The number of nitrogens with zero attached hydrogens (tertiary/aromatic N) is 1. The van der Waals surface area contributed by atoms with E-state index in [0.29, 0.717) is 25.1 Å². The summed E-state index contributed by atoms with van der Waals surface area (Å²) >= 11 is 0. The number of benzene rings is 1. The molecule has 0 radical (unpaired) electrons. The Morgan fingerprint density at radius 2 is 2.05 bits per heavy atom. The van der Waals surface area contributed by atoms with Crippen molar-refractivity contribution >= 4 is 5.91 Å². The van der Waals surface area contributed by atoms with E-state index in [2.05, 4.69) is 5.32 Å². The second-order valence-corrected chi connectivity index (χ2v) is 5.17. The van der Waals surface area contributed by atoms with Crippen LogP contribution < -0.4 is 5.32 Å². The fourth-order valence-electron chi connectivity index (χ4n) is 2.33. The van der Waals surface area contributed by atoms with Gasteiger partial charge in [-0.05, 0) is 19.4 Å². The maximum absolute atomic E-state index is 11.5. The molecule has 4 N–H and O–H groups in total. The first-order chi connectivity index (χ1) is 9.49. The number of likely N-dealkylation sites (tertiary alicyclic amines) is 1. The Labute approximate surface area is 117 Å². The molecule has 0 aliphatic carbocycles. The van der Waals surface area contributed by atoms with Gasteiger partial charge in [-0.15, -0.1) is 0 Å². The van der Waals surface area contributed by atoms with Gasteiger partial charge in [0.15, 0.2) is 11.5 Å². The minimum absolute atomic E-state index is 0.0763. The van der Waals surface area contributed by atoms with Crippen LogP contribution in [0.3, 0.4) is 0 Å². The molecule has 0 spiro atoms. The maximum Gasteiger partial charge on any atom is 0.222 e. The fraction of sp³-hybridized carbons (Fsp3) is 0.500. The number of phenolic OH excluding ortho intramolecular Hbond substituents is 3. The summed E-state index contributed by atoms with van der Waals surface area (Å²) < 4.78 is 0. The molecule has 1 atom stereocenters. The van der Waals surface area contributed by atoms with E-state index in [-0.39, 0.29) is 23.4 Å². The lowest BCUT2D eigenvalue weighted by Gasteiger charge is -2.22. The third-order valence-electron chi connectivity index (χ3n) is 3.52. The third-order valence-corrected chi connectivity index (χ3v) is 3.52. The van der Waals surface area contributed by atoms with Gasteiger partial charge < -0.3 is 25.5 Å². The van der Waals surface area contributed by atoms with E-state index in [0.717, 1.165) is 13.0 Å². The first kappa shape index (κ1) is 14.5. The highest BCUT2D eigenvalue weighted by atomic mass is 16.3. The predicted molar refractivity (Wildman–Crippen MR) is 73.6 cm³/mol. The van der Waals surface area contributed by atoms with Crippen LogP contribution in [0.15, 0.2) is 12.1 Å². The van der Waals surface area contributed by atoms with Gasteiger partial charge in [0.1, 0.15) is 0 Å². The van der Waals surface area contributed by atoms with E-state index >= 15 is 0 Å². The number of amides is 1. The van der Waals surface area contributed by atoms with E-state index in [9.17, 15) is 20.1 Å². The number of rotatable bonds is 5. The summed E-state index contributed by atoms with van der Waals surface area (Å²) in [6, 6.07) is 2.96. The summed E-state index contributed by atoms with van der Waals surface area (Å²) in [4.78, 5) is 13.3. The van der Waals surface area contributed by atoms with Crippen molar-refractivity contribution in [2.75, 3.05) is 13.1 Å². The Balaban J connectivity index is 1.88. The highest BCUT2D eigenvalue weighted by Gasteiger charge is 2.21. The second kappa shape index (κ2) is 6.00. The normalized spacial score (nSPS) is 16.6. The van der Waals surface area contributed by atoms with E-state index in [1.165, 1.54) is 6.07 Å². The van der Waals surface area contributed by atoms with Gasteiger partial charge in [0.05, 0.1) is 0 Å². The highest BCUT2D eigenvalue weighted by molar-refractivity contribution is 5.78. The first-order valence-electron chi connectivity index (χ1n) is 6.73. The summed E-state index contributed by atoms with van der Waals surface area (Å²) in [5.74, 6) is -0.987. The van der Waals surface area contributed by atoms with Crippen molar-refractivity contribution < 1.29 is 20.1 Å². The van der Waals surface area contributed by atoms with Crippen LogP contribution >= 0.6 is 0 Å². The van der Waals surface area contributed by atoms with Gasteiger partial charge in [0.25, 0.3) is 0 Å². The predicted octanol–water partition coefficient (Wildman–Crippen LogP) is 0.904. The molecule has 110 valence electrons. The van der Waals surface area contributed by atoms with Gasteiger partial charge in [-0.2, -0.15) is 0 Å². The lowest BCUT2D eigenvalue weighted by molar-refractivity contribution is -0.127. The smallest absolute Gasteiger partial charge is 0.222 e. The SMILES string of the molecule is CC(CN1CCCC1=O)NCc1ccc(O)c(O)c1O. The molecule has 1 aromatic rings. The molecule has 0 bridgehead atoms. The van der Waals surface area contributed by atoms with Crippen molar-refractivity contribution in [2.24, 2.45) is 0 Å². The summed E-state index contributed by atoms with van der Waals surface area (Å²) in [6.07, 6.45) is 1.54. The number of carbonyl (C=O) groups is 1. The maximum atomic E-state index is 11.5. The summed E-state index contributed by atoms with van der Waals surface area (Å²) in [6.45, 7) is 3.74. The van der Waals surface area contributed by atoms with E-state index in [1.807, 2.05) is 11.8 Å². The van der Waals surface area contributed by atoms with Crippen LogP contribution in [-0.2, 0) is 11.3 Å². The molecule has 1 amide bonds. The number of hydrogen-bond donors (Lipinski definition) is 4. The van der Waals surface area contributed by atoms with Gasteiger partial charge in [-0.25, -0.2) is 0 Å². The molecule has 1 aromatic carbocycles. The molecule has 0 aromatic heterocycles. The van der Waals surface area contributed by atoms with Crippen LogP contribution in [0.1, 0.15) is 25.3 Å². The van der Waals surface area contributed by atoms with Gasteiger partial charge in [-0.3, -0.25) is 4.79 Å². The molecule has 6 heteroatoms. The van der Waals surface area contributed by atoms with E-state index < -0.39 is 5.75 Å². The largest absolute Gasteiger partial charge is 0.504 e. The molecule has 1 fully saturated rings. The molecule has 20 heavy (non-hydrogen) atoms. The van der Waals surface area contributed by atoms with Gasteiger partial charge in [0, 0.05) is 37.7 Å². The minimum atomic E-state index is -0.508. The van der Waals surface area contributed by atoms with Gasteiger partial charge in [0.2, 0.25) is 11.7 Å². The third kappa shape index (κ3) is 3.14. The van der Waals surface area contributed by atoms with Crippen LogP contribution in [0.5, 0.6) is 17.2 Å². The van der Waals surface area contributed by atoms with Crippen molar-refractivity contribution in [3.63, 3.8) is 0 Å². The zero-order valence-corrected chi connectivity index (χ0v) is 11.5. The molecule has 6 nitrogen and oxygen atoms in total. The number of aromatic hydroxyl groups is 3. The molecule has 2 rings (SSSR count). The van der Waals surface area contributed by atoms with Crippen LogP contribution in [0.4, 0.5) is 0 Å². The average molecular weight is 280 g/mol. The van der Waals surface area contributed by atoms with Crippen molar-refractivity contribution in [3.8, 4) is 17.2 Å². The topological polar surface area (TPSA) is 93.0 Å². The lowest BCUT2D eigenvalue weighted by atomic mass is 10.1. The van der Waals surface area contributed by atoms with Crippen molar-refractivity contribution in [2.45, 2.75) is 32.4 Å². The van der Waals surface area contributed by atoms with E-state index in [1.54, 1.807) is 6.07 Å². The Morgan fingerprint density at radius 3 is 2.70 bits per heavy atom. The molecule has 1 aliphatic heterocycles. The Hall–Kier alpha value is -1.95. The number of carbonyl (C=O) groups excluding carboxylic acids is 1. The fourth-order valence-corrected chi connectivity index (χ4v) is 2.33. The quantitative estimate of drug-likeness (QED) is 0.601. The number of nitrogens with one attached hydrogen (secondary N) is 1. The Morgan fingerprint density at radius 1 is 1.30 bits per heavy atom. The molecular formula is C14H20N2O4. The molecule has 1 unspecified atom stereocenters. The molecule has 1 aliphatic rings. The lowest BCUT2D eigenvalue weighted by Crippen LogP contribution is -2.39. The van der Waals surface area contributed by atoms with Crippen LogP contribution in [0.25, 0.3) is 0 Å². The highest BCUT2D eigenvalue weighted by Crippen LogP contribution is 2.36. The second-order valence-electron chi connectivity index (χ2n) is 5.17. The molecular weight excluding hydrogens is 260 g/mol. The van der Waals surface area contributed by atoms with Crippen molar-refractivity contribution in [1.82, 2.24) is 10.2 Å². The zero-order chi connectivity index (χ0) is 14.7. The zero-order valence-electron chi connectivity index (χ0n) is 11.5. The van der Waals surface area contributed by atoms with Crippen molar-refractivity contribution in [1.29, 1.82) is 0 Å². The van der Waals surface area contributed by atoms with Crippen LogP contribution in [0.2, 0.25) is 0 Å². The van der Waals surface area contributed by atoms with Crippen molar-refractivity contribution in [3.05, 3.63) is 17.7 Å². The summed E-state index contributed by atoms with van der Waals surface area (Å²) in [5.41, 5.74) is 0.500.